The zero-order valence-electron chi connectivity index (χ0n) is 11.6. The summed E-state index contributed by atoms with van der Waals surface area (Å²) in [5, 5.41) is 0.233. The lowest BCUT2D eigenvalue weighted by atomic mass is 10.3. The van der Waals surface area contributed by atoms with Gasteiger partial charge in [0.25, 0.3) is 0 Å². The summed E-state index contributed by atoms with van der Waals surface area (Å²) in [6.07, 6.45) is 0.971. The molecular weight excluding hydrogens is 274 g/mol. The fourth-order valence-electron chi connectivity index (χ4n) is 2.76. The van der Waals surface area contributed by atoms with Crippen molar-refractivity contribution in [1.29, 1.82) is 0 Å². The van der Waals surface area contributed by atoms with E-state index >= 15 is 0 Å². The molecule has 2 aliphatic rings. The van der Waals surface area contributed by atoms with Gasteiger partial charge in [-0.05, 0) is 31.6 Å². The lowest BCUT2D eigenvalue weighted by Gasteiger charge is -2.22. The average Bonchev–Trinajstić information content (AvgIpc) is 2.62. The first-order valence-corrected chi connectivity index (χ1v) is 8.51. The molecule has 2 aliphatic heterocycles. The van der Waals surface area contributed by atoms with Gasteiger partial charge in [0.1, 0.15) is 4.90 Å². The van der Waals surface area contributed by atoms with Gasteiger partial charge in [-0.25, -0.2) is 13.4 Å². The van der Waals surface area contributed by atoms with Crippen molar-refractivity contribution in [3.63, 3.8) is 0 Å². The maximum absolute atomic E-state index is 12.6. The van der Waals surface area contributed by atoms with Gasteiger partial charge in [0.15, 0.2) is 0 Å². The fourth-order valence-corrected chi connectivity index (χ4v) is 4.34. The number of hydrogen-bond acceptors (Lipinski definition) is 5. The summed E-state index contributed by atoms with van der Waals surface area (Å²) in [5.74, 6) is 0. The van der Waals surface area contributed by atoms with Crippen LogP contribution in [-0.4, -0.2) is 56.1 Å². The lowest BCUT2D eigenvalue weighted by molar-refractivity contribution is 0.301. The molecule has 0 aliphatic carbocycles. The Morgan fingerprint density at radius 3 is 2.70 bits per heavy atom. The van der Waals surface area contributed by atoms with Crippen molar-refractivity contribution in [2.24, 2.45) is 4.99 Å². The van der Waals surface area contributed by atoms with Crippen molar-refractivity contribution in [1.82, 2.24) is 9.80 Å². The summed E-state index contributed by atoms with van der Waals surface area (Å²) in [6, 6.07) is 6.96. The monoisotopic (exact) mass is 293 g/mol. The van der Waals surface area contributed by atoms with Gasteiger partial charge in [0.2, 0.25) is 15.0 Å². The fraction of sp³-hybridized carbons (Fsp3) is 0.500. The number of fused-ring (bicyclic) bond motifs is 1. The molecule has 2 heterocycles. The van der Waals surface area contributed by atoms with E-state index in [0.29, 0.717) is 10.6 Å². The molecule has 1 saturated heterocycles. The minimum Gasteiger partial charge on any atom is -0.345 e. The molecule has 3 rings (SSSR count). The van der Waals surface area contributed by atoms with Gasteiger partial charge >= 0.3 is 0 Å². The van der Waals surface area contributed by atoms with E-state index in [-0.39, 0.29) is 5.17 Å². The molecule has 0 aromatic heterocycles. The Kier molecular flexibility index (Phi) is 3.52. The van der Waals surface area contributed by atoms with Crippen LogP contribution in [0.5, 0.6) is 0 Å². The van der Waals surface area contributed by atoms with Crippen LogP contribution < -0.4 is 0 Å². The Balaban J connectivity index is 1.89. The van der Waals surface area contributed by atoms with Crippen molar-refractivity contribution in [2.45, 2.75) is 18.2 Å². The number of likely N-dealkylation sites (N-methyl/N-ethyl adjacent to an activating group) is 1. The molecular formula is C14H19N3O2S. The molecule has 6 heteroatoms. The van der Waals surface area contributed by atoms with E-state index in [1.165, 1.54) is 0 Å². The van der Waals surface area contributed by atoms with E-state index in [0.717, 1.165) is 39.1 Å². The third-order valence-corrected chi connectivity index (χ3v) is 5.67. The molecule has 1 aromatic carbocycles. The molecule has 0 radical (unpaired) electrons. The quantitative estimate of drug-likeness (QED) is 0.787. The van der Waals surface area contributed by atoms with Crippen molar-refractivity contribution in [3.8, 4) is 0 Å². The number of para-hydroxylation sites is 1. The molecule has 0 N–H and O–H groups in total. The summed E-state index contributed by atoms with van der Waals surface area (Å²) >= 11 is 0. The molecule has 20 heavy (non-hydrogen) atoms. The maximum atomic E-state index is 12.6. The molecule has 1 fully saturated rings. The van der Waals surface area contributed by atoms with Crippen molar-refractivity contribution >= 4 is 20.7 Å². The van der Waals surface area contributed by atoms with Crippen molar-refractivity contribution in [2.75, 3.05) is 32.7 Å². The average molecular weight is 293 g/mol. The minimum atomic E-state index is -3.43. The molecule has 5 nitrogen and oxygen atoms in total. The van der Waals surface area contributed by atoms with Gasteiger partial charge in [-0.15, -0.1) is 0 Å². The molecule has 108 valence electrons. The van der Waals surface area contributed by atoms with Gasteiger partial charge in [0, 0.05) is 19.6 Å². The molecule has 0 atom stereocenters. The van der Waals surface area contributed by atoms with Crippen LogP contribution in [0.1, 0.15) is 13.3 Å². The molecule has 0 unspecified atom stereocenters. The smallest absolute Gasteiger partial charge is 0.241 e. The number of sulfone groups is 1. The van der Waals surface area contributed by atoms with Crippen molar-refractivity contribution < 1.29 is 8.42 Å². The number of hydrogen-bond donors (Lipinski definition) is 0. The largest absolute Gasteiger partial charge is 0.345 e. The molecule has 0 amide bonds. The third-order valence-electron chi connectivity index (χ3n) is 3.92. The van der Waals surface area contributed by atoms with Crippen LogP contribution in [0.2, 0.25) is 0 Å². The zero-order chi connectivity index (χ0) is 14.2. The molecule has 0 spiro atoms. The Morgan fingerprint density at radius 2 is 1.95 bits per heavy atom. The van der Waals surface area contributed by atoms with Crippen LogP contribution in [0.25, 0.3) is 0 Å². The maximum Gasteiger partial charge on any atom is 0.241 e. The van der Waals surface area contributed by atoms with Crippen LogP contribution >= 0.6 is 0 Å². The van der Waals surface area contributed by atoms with E-state index in [1.54, 1.807) is 18.2 Å². The number of rotatable bonds is 1. The van der Waals surface area contributed by atoms with E-state index in [4.69, 9.17) is 0 Å². The summed E-state index contributed by atoms with van der Waals surface area (Å²) in [5.41, 5.74) is 0.569. The van der Waals surface area contributed by atoms with Crippen LogP contribution in [0.4, 0.5) is 5.69 Å². The second-order valence-electron chi connectivity index (χ2n) is 5.14. The molecule has 0 saturated carbocycles. The first-order valence-electron chi connectivity index (χ1n) is 7.03. The Hall–Kier alpha value is -1.40. The number of amidine groups is 1. The van der Waals surface area contributed by atoms with Gasteiger partial charge in [-0.2, -0.15) is 0 Å². The summed E-state index contributed by atoms with van der Waals surface area (Å²) in [4.78, 5) is 8.96. The highest BCUT2D eigenvalue weighted by Crippen LogP contribution is 2.33. The molecule has 1 aromatic rings. The Labute approximate surface area is 119 Å². The number of benzene rings is 1. The number of aliphatic imine (C=N–C) groups is 1. The Bertz CT molecular complexity index is 640. The van der Waals surface area contributed by atoms with Crippen LogP contribution in [0, 0.1) is 0 Å². The molecule has 0 bridgehead atoms. The lowest BCUT2D eigenvalue weighted by Crippen LogP contribution is -2.38. The highest BCUT2D eigenvalue weighted by atomic mass is 32.2. The van der Waals surface area contributed by atoms with Crippen LogP contribution in [0.15, 0.2) is 34.2 Å². The normalized spacial score (nSPS) is 22.2. The second-order valence-corrected chi connectivity index (χ2v) is 6.95. The SMILES string of the molecule is CCN1CCCN(C2=Nc3ccccc3S2(=O)=O)CC1. The highest BCUT2D eigenvalue weighted by Gasteiger charge is 2.35. The van der Waals surface area contributed by atoms with Gasteiger partial charge in [-0.1, -0.05) is 19.1 Å². The predicted molar refractivity (Wildman–Crippen MR) is 79.0 cm³/mol. The standard InChI is InChI=1S/C14H19N3O2S/c1-2-16-8-5-9-17(11-10-16)14-15-12-6-3-4-7-13(12)20(14,18)19/h3-4,6-7H,2,5,8-11H2,1H3. The van der Waals surface area contributed by atoms with Crippen molar-refractivity contribution in [3.05, 3.63) is 24.3 Å². The third kappa shape index (κ3) is 2.23. The number of nitrogens with zero attached hydrogens (tertiary/aromatic N) is 3. The first kappa shape index (κ1) is 13.6. The van der Waals surface area contributed by atoms with E-state index in [9.17, 15) is 8.42 Å². The van der Waals surface area contributed by atoms with Gasteiger partial charge in [0.05, 0.1) is 5.69 Å². The van der Waals surface area contributed by atoms with Crippen LogP contribution in [0.3, 0.4) is 0 Å². The van der Waals surface area contributed by atoms with Gasteiger partial charge < -0.3 is 9.80 Å². The Morgan fingerprint density at radius 1 is 1.15 bits per heavy atom. The second kappa shape index (κ2) is 5.18. The highest BCUT2D eigenvalue weighted by molar-refractivity contribution is 8.06. The summed E-state index contributed by atoms with van der Waals surface area (Å²) < 4.78 is 25.1. The summed E-state index contributed by atoms with van der Waals surface area (Å²) in [6.45, 7) is 6.53. The topological polar surface area (TPSA) is 53.0 Å². The van der Waals surface area contributed by atoms with Gasteiger partial charge in [-0.3, -0.25) is 0 Å². The predicted octanol–water partition coefficient (Wildman–Crippen LogP) is 1.49. The minimum absolute atomic E-state index is 0.233. The van der Waals surface area contributed by atoms with E-state index < -0.39 is 9.84 Å². The zero-order valence-corrected chi connectivity index (χ0v) is 12.4. The van der Waals surface area contributed by atoms with E-state index in [2.05, 4.69) is 16.8 Å². The first-order chi connectivity index (χ1) is 9.63. The van der Waals surface area contributed by atoms with E-state index in [1.807, 2.05) is 11.0 Å². The van der Waals surface area contributed by atoms with Crippen LogP contribution in [-0.2, 0) is 9.84 Å². The summed E-state index contributed by atoms with van der Waals surface area (Å²) in [7, 11) is -3.43.